The molecule has 0 unspecified atom stereocenters. The maximum absolute atomic E-state index is 11.7. The fraction of sp³-hybridized carbons (Fsp3) is 0.409. The van der Waals surface area contributed by atoms with E-state index in [0.717, 1.165) is 35.0 Å². The Bertz CT molecular complexity index is 1040. The molecule has 0 aliphatic rings. The first-order valence-electron chi connectivity index (χ1n) is 10.2. The number of alkyl carbamates (subject to hydrolysis) is 1. The average molecular weight is 411 g/mol. The SMILES string of the molecule is CCn1nc(C)cc1Nc1nc2ccccc2n1C/C=C/CNC(=O)OC(C)(C)C. The number of imidazole rings is 1. The second-order valence-electron chi connectivity index (χ2n) is 8.00. The predicted molar refractivity (Wildman–Crippen MR) is 119 cm³/mol. The van der Waals surface area contributed by atoms with Gasteiger partial charge in [0.05, 0.1) is 16.7 Å². The van der Waals surface area contributed by atoms with Crippen LogP contribution < -0.4 is 10.6 Å². The molecule has 3 aromatic rings. The van der Waals surface area contributed by atoms with Gasteiger partial charge in [0.1, 0.15) is 11.4 Å². The number of rotatable bonds is 7. The van der Waals surface area contributed by atoms with E-state index in [1.807, 2.05) is 74.9 Å². The zero-order valence-electron chi connectivity index (χ0n) is 18.3. The number of carbonyl (C=O) groups excluding carboxylic acids is 1. The third-order valence-corrected chi connectivity index (χ3v) is 4.31. The molecule has 30 heavy (non-hydrogen) atoms. The van der Waals surface area contributed by atoms with Gasteiger partial charge in [0.2, 0.25) is 5.95 Å². The Morgan fingerprint density at radius 2 is 2.00 bits per heavy atom. The number of benzene rings is 1. The molecule has 0 aliphatic carbocycles. The van der Waals surface area contributed by atoms with Crippen molar-refractivity contribution in [2.75, 3.05) is 11.9 Å². The molecule has 160 valence electrons. The lowest BCUT2D eigenvalue weighted by Crippen LogP contribution is -2.32. The van der Waals surface area contributed by atoms with Crippen molar-refractivity contribution in [3.05, 3.63) is 48.2 Å². The number of aryl methyl sites for hydroxylation is 2. The largest absolute Gasteiger partial charge is 0.444 e. The number of nitrogens with one attached hydrogen (secondary N) is 2. The summed E-state index contributed by atoms with van der Waals surface area (Å²) in [5.74, 6) is 1.65. The van der Waals surface area contributed by atoms with Crippen molar-refractivity contribution in [2.24, 2.45) is 0 Å². The van der Waals surface area contributed by atoms with Gasteiger partial charge in [-0.1, -0.05) is 24.3 Å². The molecule has 2 aromatic heterocycles. The summed E-state index contributed by atoms with van der Waals surface area (Å²) in [7, 11) is 0. The Kier molecular flexibility index (Phi) is 6.44. The molecule has 2 heterocycles. The molecule has 1 amide bonds. The summed E-state index contributed by atoms with van der Waals surface area (Å²) in [6, 6.07) is 10.0. The van der Waals surface area contributed by atoms with Crippen LogP contribution in [0.5, 0.6) is 0 Å². The van der Waals surface area contributed by atoms with E-state index < -0.39 is 11.7 Å². The van der Waals surface area contributed by atoms with Gasteiger partial charge in [0.25, 0.3) is 0 Å². The third kappa shape index (κ3) is 5.40. The molecule has 0 saturated carbocycles. The highest BCUT2D eigenvalue weighted by molar-refractivity contribution is 5.79. The lowest BCUT2D eigenvalue weighted by atomic mass is 10.2. The number of hydrogen-bond donors (Lipinski definition) is 2. The number of fused-ring (bicyclic) bond motifs is 1. The van der Waals surface area contributed by atoms with Gasteiger partial charge in [-0.15, -0.1) is 0 Å². The number of ether oxygens (including phenoxy) is 1. The standard InChI is InChI=1S/C22H30N6O2/c1-6-28-19(15-16(2)26-28)25-20-24-17-11-7-8-12-18(17)27(20)14-10-9-13-23-21(29)30-22(3,4)5/h7-12,15H,6,13-14H2,1-5H3,(H,23,29)(H,24,25)/b10-9+. The van der Waals surface area contributed by atoms with Gasteiger partial charge in [-0.05, 0) is 46.8 Å². The number of carbonyl (C=O) groups is 1. The second kappa shape index (κ2) is 9.02. The van der Waals surface area contributed by atoms with Gasteiger partial charge in [-0.2, -0.15) is 5.10 Å². The van der Waals surface area contributed by atoms with Crippen LogP contribution >= 0.6 is 0 Å². The van der Waals surface area contributed by atoms with Crippen molar-refractivity contribution in [2.45, 2.75) is 53.3 Å². The Morgan fingerprint density at radius 1 is 1.23 bits per heavy atom. The number of hydrogen-bond acceptors (Lipinski definition) is 5. The summed E-state index contributed by atoms with van der Waals surface area (Å²) in [5.41, 5.74) is 2.40. The van der Waals surface area contributed by atoms with Gasteiger partial charge in [0.15, 0.2) is 0 Å². The fourth-order valence-electron chi connectivity index (χ4n) is 3.08. The van der Waals surface area contributed by atoms with Crippen LogP contribution in [0.3, 0.4) is 0 Å². The second-order valence-corrected chi connectivity index (χ2v) is 8.00. The zero-order valence-corrected chi connectivity index (χ0v) is 18.3. The van der Waals surface area contributed by atoms with Crippen LogP contribution in [-0.4, -0.2) is 37.6 Å². The average Bonchev–Trinajstić information content (AvgIpc) is 3.20. The molecule has 0 fully saturated rings. The fourth-order valence-corrected chi connectivity index (χ4v) is 3.08. The summed E-state index contributed by atoms with van der Waals surface area (Å²) in [6.45, 7) is 11.3. The molecule has 0 spiro atoms. The van der Waals surface area contributed by atoms with E-state index in [9.17, 15) is 4.79 Å². The van der Waals surface area contributed by atoms with Crippen molar-refractivity contribution in [1.82, 2.24) is 24.6 Å². The predicted octanol–water partition coefficient (Wildman–Crippen LogP) is 4.39. The van der Waals surface area contributed by atoms with E-state index >= 15 is 0 Å². The monoisotopic (exact) mass is 410 g/mol. The Labute approximate surface area is 176 Å². The van der Waals surface area contributed by atoms with Gasteiger partial charge < -0.3 is 19.9 Å². The summed E-state index contributed by atoms with van der Waals surface area (Å²) in [5, 5.41) is 10.6. The Morgan fingerprint density at radius 3 is 2.73 bits per heavy atom. The van der Waals surface area contributed by atoms with E-state index in [1.54, 1.807) is 0 Å². The van der Waals surface area contributed by atoms with E-state index in [0.29, 0.717) is 13.1 Å². The quantitative estimate of drug-likeness (QED) is 0.564. The molecular weight excluding hydrogens is 380 g/mol. The number of anilines is 2. The van der Waals surface area contributed by atoms with Gasteiger partial charge >= 0.3 is 6.09 Å². The zero-order chi connectivity index (χ0) is 21.7. The molecule has 0 atom stereocenters. The van der Waals surface area contributed by atoms with Crippen molar-refractivity contribution < 1.29 is 9.53 Å². The molecule has 1 aromatic carbocycles. The minimum Gasteiger partial charge on any atom is -0.444 e. The van der Waals surface area contributed by atoms with Crippen LogP contribution in [0.25, 0.3) is 11.0 Å². The van der Waals surface area contributed by atoms with Crippen LogP contribution in [0.1, 0.15) is 33.4 Å². The van der Waals surface area contributed by atoms with Gasteiger partial charge in [-0.25, -0.2) is 14.5 Å². The normalized spacial score (nSPS) is 11.9. The smallest absolute Gasteiger partial charge is 0.407 e. The molecule has 8 nitrogen and oxygen atoms in total. The topological polar surface area (TPSA) is 86.0 Å². The van der Waals surface area contributed by atoms with Gasteiger partial charge in [-0.3, -0.25) is 0 Å². The highest BCUT2D eigenvalue weighted by Crippen LogP contribution is 2.23. The summed E-state index contributed by atoms with van der Waals surface area (Å²) in [4.78, 5) is 16.5. The molecule has 0 aliphatic heterocycles. The van der Waals surface area contributed by atoms with E-state index in [4.69, 9.17) is 9.72 Å². The Hall–Kier alpha value is -3.29. The van der Waals surface area contributed by atoms with Crippen molar-refractivity contribution in [3.8, 4) is 0 Å². The van der Waals surface area contributed by atoms with Crippen molar-refractivity contribution in [1.29, 1.82) is 0 Å². The number of nitrogens with zero attached hydrogens (tertiary/aromatic N) is 4. The van der Waals surface area contributed by atoms with E-state index in [2.05, 4.69) is 27.2 Å². The summed E-state index contributed by atoms with van der Waals surface area (Å²) >= 11 is 0. The number of aromatic nitrogens is 4. The van der Waals surface area contributed by atoms with Crippen LogP contribution in [0.15, 0.2) is 42.5 Å². The molecule has 0 radical (unpaired) electrons. The molecule has 0 saturated heterocycles. The van der Waals surface area contributed by atoms with E-state index in [-0.39, 0.29) is 0 Å². The molecule has 3 rings (SSSR count). The molecular formula is C22H30N6O2. The number of amides is 1. The first kappa shape index (κ1) is 21.4. The lowest BCUT2D eigenvalue weighted by molar-refractivity contribution is 0.0534. The third-order valence-electron chi connectivity index (χ3n) is 4.31. The van der Waals surface area contributed by atoms with Crippen LogP contribution in [0, 0.1) is 6.92 Å². The maximum atomic E-state index is 11.7. The lowest BCUT2D eigenvalue weighted by Gasteiger charge is -2.19. The molecule has 8 heteroatoms. The van der Waals surface area contributed by atoms with Gasteiger partial charge in [0, 0.05) is 25.7 Å². The minimum atomic E-state index is -0.506. The van der Waals surface area contributed by atoms with Crippen LogP contribution in [0.2, 0.25) is 0 Å². The van der Waals surface area contributed by atoms with Crippen molar-refractivity contribution in [3.63, 3.8) is 0 Å². The van der Waals surface area contributed by atoms with Crippen LogP contribution in [0.4, 0.5) is 16.6 Å². The number of allylic oxidation sites excluding steroid dienone is 1. The highest BCUT2D eigenvalue weighted by Gasteiger charge is 2.15. The van der Waals surface area contributed by atoms with Crippen LogP contribution in [-0.2, 0) is 17.8 Å². The summed E-state index contributed by atoms with van der Waals surface area (Å²) in [6.07, 6.45) is 3.48. The Balaban J connectivity index is 1.73. The minimum absolute atomic E-state index is 0.395. The number of para-hydroxylation sites is 2. The molecule has 2 N–H and O–H groups in total. The molecule has 0 bridgehead atoms. The first-order chi connectivity index (χ1) is 14.3. The van der Waals surface area contributed by atoms with E-state index in [1.165, 1.54) is 0 Å². The highest BCUT2D eigenvalue weighted by atomic mass is 16.6. The summed E-state index contributed by atoms with van der Waals surface area (Å²) < 4.78 is 9.25. The van der Waals surface area contributed by atoms with Crippen molar-refractivity contribution >= 4 is 28.9 Å². The first-order valence-corrected chi connectivity index (χ1v) is 10.2. The maximum Gasteiger partial charge on any atom is 0.407 e.